The van der Waals surface area contributed by atoms with E-state index < -0.39 is 0 Å². The first-order valence-corrected chi connectivity index (χ1v) is 8.09. The zero-order valence-corrected chi connectivity index (χ0v) is 13.0. The predicted octanol–water partition coefficient (Wildman–Crippen LogP) is 3.99. The molecule has 0 aromatic carbocycles. The number of hydrogen-bond donors (Lipinski definition) is 0. The summed E-state index contributed by atoms with van der Waals surface area (Å²) in [6, 6.07) is 0. The minimum absolute atomic E-state index is 0.00382. The second-order valence-corrected chi connectivity index (χ2v) is 8.83. The number of rotatable bonds is 0. The van der Waals surface area contributed by atoms with Crippen molar-refractivity contribution in [1.82, 2.24) is 0 Å². The highest BCUT2D eigenvalue weighted by atomic mass is 16.7. The molecule has 2 nitrogen and oxygen atoms in total. The molecule has 3 saturated carbocycles. The van der Waals surface area contributed by atoms with Gasteiger partial charge in [-0.05, 0) is 60.7 Å². The van der Waals surface area contributed by atoms with Gasteiger partial charge in [-0.25, -0.2) is 0 Å². The normalized spacial score (nSPS) is 57.0. The van der Waals surface area contributed by atoms with Crippen LogP contribution >= 0.6 is 0 Å². The first-order valence-electron chi connectivity index (χ1n) is 8.09. The molecule has 4 rings (SSSR count). The van der Waals surface area contributed by atoms with Gasteiger partial charge in [0.15, 0.2) is 6.29 Å². The lowest BCUT2D eigenvalue weighted by Gasteiger charge is -2.58. The summed E-state index contributed by atoms with van der Waals surface area (Å²) in [6.07, 6.45) is 6.14. The van der Waals surface area contributed by atoms with Gasteiger partial charge >= 0.3 is 0 Å². The van der Waals surface area contributed by atoms with Crippen molar-refractivity contribution < 1.29 is 9.47 Å². The van der Waals surface area contributed by atoms with Gasteiger partial charge < -0.3 is 9.47 Å². The Morgan fingerprint density at radius 2 is 1.74 bits per heavy atom. The quantitative estimate of drug-likeness (QED) is 0.658. The third-order valence-electron chi connectivity index (χ3n) is 7.47. The Labute approximate surface area is 117 Å². The van der Waals surface area contributed by atoms with Crippen LogP contribution in [0.4, 0.5) is 0 Å². The summed E-state index contributed by atoms with van der Waals surface area (Å²) in [6.45, 7) is 12.0. The second kappa shape index (κ2) is 3.39. The molecule has 6 atom stereocenters. The van der Waals surface area contributed by atoms with E-state index in [0.29, 0.717) is 34.4 Å². The third kappa shape index (κ3) is 1.31. The lowest BCUT2D eigenvalue weighted by atomic mass is 9.47. The third-order valence-corrected chi connectivity index (χ3v) is 7.47. The van der Waals surface area contributed by atoms with Crippen molar-refractivity contribution >= 4 is 0 Å². The molecule has 0 aromatic rings. The molecule has 4 unspecified atom stereocenters. The van der Waals surface area contributed by atoms with Gasteiger partial charge in [-0.1, -0.05) is 27.7 Å². The van der Waals surface area contributed by atoms with Crippen molar-refractivity contribution in [3.63, 3.8) is 0 Å². The highest BCUT2D eigenvalue weighted by Gasteiger charge is 2.72. The van der Waals surface area contributed by atoms with Gasteiger partial charge in [0.25, 0.3) is 0 Å². The molecule has 2 heteroatoms. The predicted molar refractivity (Wildman–Crippen MR) is 74.7 cm³/mol. The maximum atomic E-state index is 6.23. The maximum absolute atomic E-state index is 6.23. The molecule has 1 heterocycles. The van der Waals surface area contributed by atoms with E-state index >= 15 is 0 Å². The van der Waals surface area contributed by atoms with Crippen LogP contribution < -0.4 is 0 Å². The molecule has 0 amide bonds. The van der Waals surface area contributed by atoms with Crippen LogP contribution in [-0.4, -0.2) is 18.5 Å². The van der Waals surface area contributed by atoms with Crippen molar-refractivity contribution in [2.45, 2.75) is 78.8 Å². The molecule has 0 N–H and O–H groups in total. The standard InChI is InChI=1S/C17H28O2/c1-10-18-12-9-15(2,3)17-7-6-11(8-17)16(4,5)14(17)13(12)19-10/h10-14H,6-9H2,1-5H3/t10?,11-,12?,13?,14?,17-/m0/s1. The van der Waals surface area contributed by atoms with E-state index in [9.17, 15) is 0 Å². The molecule has 1 aliphatic heterocycles. The van der Waals surface area contributed by atoms with Crippen LogP contribution in [0.25, 0.3) is 0 Å². The van der Waals surface area contributed by atoms with Crippen LogP contribution in [0, 0.1) is 28.1 Å². The lowest BCUT2D eigenvalue weighted by molar-refractivity contribution is -0.146. The van der Waals surface area contributed by atoms with E-state index in [0.717, 1.165) is 5.92 Å². The molecule has 4 fully saturated rings. The van der Waals surface area contributed by atoms with Gasteiger partial charge in [0.2, 0.25) is 0 Å². The molecular formula is C17H28O2. The Bertz CT molecular complexity index is 413. The van der Waals surface area contributed by atoms with Gasteiger partial charge in [0, 0.05) is 0 Å². The van der Waals surface area contributed by atoms with Crippen LogP contribution in [0.5, 0.6) is 0 Å². The fourth-order valence-electron chi connectivity index (χ4n) is 6.56. The largest absolute Gasteiger partial charge is 0.347 e. The Kier molecular flexibility index (Phi) is 2.25. The summed E-state index contributed by atoms with van der Waals surface area (Å²) < 4.78 is 12.3. The molecule has 2 bridgehead atoms. The lowest BCUT2D eigenvalue weighted by Crippen LogP contribution is -2.58. The molecule has 108 valence electrons. The van der Waals surface area contributed by atoms with E-state index in [-0.39, 0.29) is 6.29 Å². The Morgan fingerprint density at radius 3 is 2.47 bits per heavy atom. The van der Waals surface area contributed by atoms with Crippen LogP contribution in [0.15, 0.2) is 0 Å². The molecule has 3 aliphatic carbocycles. The fraction of sp³-hybridized carbons (Fsp3) is 1.00. The summed E-state index contributed by atoms with van der Waals surface area (Å²) in [5.41, 5.74) is 1.33. The highest BCUT2D eigenvalue weighted by molar-refractivity contribution is 5.20. The summed E-state index contributed by atoms with van der Waals surface area (Å²) in [4.78, 5) is 0. The summed E-state index contributed by atoms with van der Waals surface area (Å²) in [7, 11) is 0. The van der Waals surface area contributed by atoms with E-state index in [1.807, 2.05) is 0 Å². The van der Waals surface area contributed by atoms with E-state index in [4.69, 9.17) is 9.47 Å². The van der Waals surface area contributed by atoms with Crippen molar-refractivity contribution in [3.8, 4) is 0 Å². The first-order chi connectivity index (χ1) is 8.78. The average Bonchev–Trinajstić information content (AvgIpc) is 2.89. The minimum Gasteiger partial charge on any atom is -0.347 e. The molecule has 1 saturated heterocycles. The zero-order valence-electron chi connectivity index (χ0n) is 13.0. The summed E-state index contributed by atoms with van der Waals surface area (Å²) in [5, 5.41) is 0. The highest BCUT2D eigenvalue weighted by Crippen LogP contribution is 2.76. The topological polar surface area (TPSA) is 18.5 Å². The summed E-state index contributed by atoms with van der Waals surface area (Å²) >= 11 is 0. The van der Waals surface area contributed by atoms with Crippen molar-refractivity contribution in [3.05, 3.63) is 0 Å². The fourth-order valence-corrected chi connectivity index (χ4v) is 6.56. The van der Waals surface area contributed by atoms with Gasteiger partial charge in [-0.3, -0.25) is 0 Å². The Balaban J connectivity index is 1.83. The van der Waals surface area contributed by atoms with Gasteiger partial charge in [-0.15, -0.1) is 0 Å². The van der Waals surface area contributed by atoms with Crippen LogP contribution in [0.1, 0.15) is 60.3 Å². The second-order valence-electron chi connectivity index (χ2n) is 8.83. The van der Waals surface area contributed by atoms with Crippen LogP contribution in [-0.2, 0) is 9.47 Å². The SMILES string of the molecule is CC1OC2CC(C)(C)[C@@]34CC[C@@H](C3)C(C)(C)C4C2O1. The van der Waals surface area contributed by atoms with Crippen molar-refractivity contribution in [2.24, 2.45) is 28.1 Å². The molecule has 0 aromatic heterocycles. The monoisotopic (exact) mass is 264 g/mol. The Morgan fingerprint density at radius 1 is 1.00 bits per heavy atom. The summed E-state index contributed by atoms with van der Waals surface area (Å²) in [5.74, 6) is 1.59. The Hall–Kier alpha value is -0.0800. The maximum Gasteiger partial charge on any atom is 0.155 e. The van der Waals surface area contributed by atoms with Crippen LogP contribution in [0.2, 0.25) is 0 Å². The smallest absolute Gasteiger partial charge is 0.155 e. The molecule has 19 heavy (non-hydrogen) atoms. The average molecular weight is 264 g/mol. The van der Waals surface area contributed by atoms with E-state index in [1.54, 1.807) is 0 Å². The molecule has 1 spiro atoms. The van der Waals surface area contributed by atoms with Gasteiger partial charge in [0.1, 0.15) is 0 Å². The number of fused-ring (bicyclic) bond motifs is 3. The molecule has 0 radical (unpaired) electrons. The van der Waals surface area contributed by atoms with E-state index in [2.05, 4.69) is 34.6 Å². The molecule has 4 aliphatic rings. The minimum atomic E-state index is -0.00382. The van der Waals surface area contributed by atoms with Gasteiger partial charge in [-0.2, -0.15) is 0 Å². The van der Waals surface area contributed by atoms with Crippen molar-refractivity contribution in [2.75, 3.05) is 0 Å². The zero-order chi connectivity index (χ0) is 13.6. The van der Waals surface area contributed by atoms with Crippen LogP contribution in [0.3, 0.4) is 0 Å². The number of hydrogen-bond acceptors (Lipinski definition) is 2. The first kappa shape index (κ1) is 12.6. The van der Waals surface area contributed by atoms with Crippen molar-refractivity contribution in [1.29, 1.82) is 0 Å². The van der Waals surface area contributed by atoms with E-state index in [1.165, 1.54) is 25.7 Å². The number of ether oxygens (including phenoxy) is 2. The molecular weight excluding hydrogens is 236 g/mol. The van der Waals surface area contributed by atoms with Gasteiger partial charge in [0.05, 0.1) is 12.2 Å².